The summed E-state index contributed by atoms with van der Waals surface area (Å²) in [6, 6.07) is 18.2. The highest BCUT2D eigenvalue weighted by molar-refractivity contribution is 6.06. The zero-order valence-corrected chi connectivity index (χ0v) is 13.4. The summed E-state index contributed by atoms with van der Waals surface area (Å²) in [6.07, 6.45) is 0. The van der Waals surface area contributed by atoms with Gasteiger partial charge in [-0.3, -0.25) is 14.9 Å². The molecule has 130 valence electrons. The molecule has 6 nitrogen and oxygen atoms in total. The number of para-hydroxylation sites is 2. The third-order valence-corrected chi connectivity index (χ3v) is 3.51. The zero-order valence-electron chi connectivity index (χ0n) is 13.4. The second-order valence-electron chi connectivity index (χ2n) is 5.29. The van der Waals surface area contributed by atoms with Gasteiger partial charge in [0.15, 0.2) is 0 Å². The molecule has 0 saturated heterocycles. The molecule has 0 heterocycles. The molecule has 3 aromatic rings. The first-order valence-electron chi connectivity index (χ1n) is 7.62. The normalized spacial score (nSPS) is 10.2. The van der Waals surface area contributed by atoms with Crippen LogP contribution in [0.15, 0.2) is 72.8 Å². The summed E-state index contributed by atoms with van der Waals surface area (Å²) in [5, 5.41) is 13.2. The van der Waals surface area contributed by atoms with E-state index in [1.807, 2.05) is 6.07 Å². The lowest BCUT2D eigenvalue weighted by atomic mass is 10.1. The second kappa shape index (κ2) is 7.43. The van der Waals surface area contributed by atoms with Gasteiger partial charge in [-0.2, -0.15) is 0 Å². The van der Waals surface area contributed by atoms with E-state index in [0.29, 0.717) is 5.75 Å². The zero-order chi connectivity index (χ0) is 18.5. The van der Waals surface area contributed by atoms with Gasteiger partial charge in [-0.15, -0.1) is 0 Å². The Morgan fingerprint density at radius 2 is 1.69 bits per heavy atom. The fraction of sp³-hybridized carbons (Fsp3) is 0. The summed E-state index contributed by atoms with van der Waals surface area (Å²) >= 11 is 0. The number of ether oxygens (including phenoxy) is 1. The van der Waals surface area contributed by atoms with Crippen molar-refractivity contribution < 1.29 is 18.8 Å². The lowest BCUT2D eigenvalue weighted by Gasteiger charge is -2.11. The summed E-state index contributed by atoms with van der Waals surface area (Å²) in [4.78, 5) is 22.7. The maximum Gasteiger partial charge on any atom is 0.271 e. The Hall–Kier alpha value is -3.74. The van der Waals surface area contributed by atoms with E-state index in [2.05, 4.69) is 5.32 Å². The Morgan fingerprint density at radius 1 is 1.00 bits per heavy atom. The van der Waals surface area contributed by atoms with E-state index in [9.17, 15) is 19.3 Å². The fourth-order valence-electron chi connectivity index (χ4n) is 2.27. The molecule has 3 rings (SSSR count). The van der Waals surface area contributed by atoms with Crippen LogP contribution in [0.2, 0.25) is 0 Å². The number of hydrogen-bond donors (Lipinski definition) is 1. The molecule has 0 bridgehead atoms. The molecule has 1 amide bonds. The SMILES string of the molecule is O=C(Nc1cc([N+](=O)[O-])ccc1F)c1ccccc1Oc1ccccc1. The van der Waals surface area contributed by atoms with Crippen LogP contribution in [0.3, 0.4) is 0 Å². The third kappa shape index (κ3) is 3.84. The van der Waals surface area contributed by atoms with E-state index in [1.54, 1.807) is 42.5 Å². The fourth-order valence-corrected chi connectivity index (χ4v) is 2.27. The average molecular weight is 352 g/mol. The van der Waals surface area contributed by atoms with Crippen LogP contribution in [-0.4, -0.2) is 10.8 Å². The van der Waals surface area contributed by atoms with Crippen LogP contribution < -0.4 is 10.1 Å². The minimum absolute atomic E-state index is 0.169. The van der Waals surface area contributed by atoms with Crippen LogP contribution in [0.4, 0.5) is 15.8 Å². The summed E-state index contributed by atoms with van der Waals surface area (Å²) in [6.45, 7) is 0. The minimum Gasteiger partial charge on any atom is -0.457 e. The van der Waals surface area contributed by atoms with Gasteiger partial charge in [-0.05, 0) is 30.3 Å². The van der Waals surface area contributed by atoms with Gasteiger partial charge < -0.3 is 10.1 Å². The molecule has 1 N–H and O–H groups in total. The number of carbonyl (C=O) groups is 1. The second-order valence-corrected chi connectivity index (χ2v) is 5.29. The van der Waals surface area contributed by atoms with Crippen LogP contribution in [0.1, 0.15) is 10.4 Å². The van der Waals surface area contributed by atoms with Gasteiger partial charge in [0.25, 0.3) is 11.6 Å². The summed E-state index contributed by atoms with van der Waals surface area (Å²) in [5.74, 6) is -0.599. The Bertz CT molecular complexity index is 961. The minimum atomic E-state index is -0.773. The average Bonchev–Trinajstić information content (AvgIpc) is 2.64. The number of rotatable bonds is 5. The van der Waals surface area contributed by atoms with E-state index in [1.165, 1.54) is 6.07 Å². The van der Waals surface area contributed by atoms with Gasteiger partial charge in [0.1, 0.15) is 17.3 Å². The summed E-state index contributed by atoms with van der Waals surface area (Å²) in [7, 11) is 0. The van der Waals surface area contributed by atoms with E-state index in [-0.39, 0.29) is 22.7 Å². The van der Waals surface area contributed by atoms with Crippen molar-refractivity contribution in [2.24, 2.45) is 0 Å². The molecule has 7 heteroatoms. The van der Waals surface area contributed by atoms with Gasteiger partial charge in [0.05, 0.1) is 16.2 Å². The van der Waals surface area contributed by atoms with E-state index >= 15 is 0 Å². The number of anilines is 1. The maximum atomic E-state index is 13.9. The number of nitro groups is 1. The van der Waals surface area contributed by atoms with Gasteiger partial charge >= 0.3 is 0 Å². The van der Waals surface area contributed by atoms with Gasteiger partial charge in [-0.1, -0.05) is 30.3 Å². The van der Waals surface area contributed by atoms with Crippen molar-refractivity contribution >= 4 is 17.3 Å². The lowest BCUT2D eigenvalue weighted by Crippen LogP contribution is -2.14. The van der Waals surface area contributed by atoms with E-state index < -0.39 is 16.6 Å². The lowest BCUT2D eigenvalue weighted by molar-refractivity contribution is -0.384. The molecular weight excluding hydrogens is 339 g/mol. The predicted octanol–water partition coefficient (Wildman–Crippen LogP) is 4.78. The highest BCUT2D eigenvalue weighted by atomic mass is 19.1. The molecule has 0 aliphatic carbocycles. The van der Waals surface area contributed by atoms with E-state index in [0.717, 1.165) is 18.2 Å². The number of amides is 1. The number of halogens is 1. The molecule has 0 aliphatic rings. The van der Waals surface area contributed by atoms with Crippen LogP contribution in [0.25, 0.3) is 0 Å². The standard InChI is InChI=1S/C19H13FN2O4/c20-16-11-10-13(22(24)25)12-17(16)21-19(23)15-8-4-5-9-18(15)26-14-6-2-1-3-7-14/h1-12H,(H,21,23). The molecule has 3 aromatic carbocycles. The first-order valence-corrected chi connectivity index (χ1v) is 7.62. The summed E-state index contributed by atoms with van der Waals surface area (Å²) in [5.41, 5.74) is -0.434. The van der Waals surface area contributed by atoms with E-state index in [4.69, 9.17) is 4.74 Å². The quantitative estimate of drug-likeness (QED) is 0.529. The van der Waals surface area contributed by atoms with Gasteiger partial charge in [0.2, 0.25) is 0 Å². The number of hydrogen-bond acceptors (Lipinski definition) is 4. The maximum absolute atomic E-state index is 13.9. The van der Waals surface area contributed by atoms with Crippen molar-refractivity contribution in [3.8, 4) is 11.5 Å². The molecule has 0 atom stereocenters. The Labute approximate surface area is 148 Å². The van der Waals surface area contributed by atoms with Crippen LogP contribution >= 0.6 is 0 Å². The van der Waals surface area contributed by atoms with Crippen LogP contribution in [-0.2, 0) is 0 Å². The smallest absolute Gasteiger partial charge is 0.271 e. The molecule has 0 aromatic heterocycles. The predicted molar refractivity (Wildman–Crippen MR) is 94.0 cm³/mol. The van der Waals surface area contributed by atoms with Crippen molar-refractivity contribution in [2.75, 3.05) is 5.32 Å². The largest absolute Gasteiger partial charge is 0.457 e. The topological polar surface area (TPSA) is 81.5 Å². The molecular formula is C19H13FN2O4. The van der Waals surface area contributed by atoms with Gasteiger partial charge in [0, 0.05) is 12.1 Å². The third-order valence-electron chi connectivity index (χ3n) is 3.51. The number of nitrogens with zero attached hydrogens (tertiary/aromatic N) is 1. The van der Waals surface area contributed by atoms with Crippen molar-refractivity contribution in [1.29, 1.82) is 0 Å². The molecule has 0 unspecified atom stereocenters. The molecule has 0 radical (unpaired) electrons. The molecule has 0 fully saturated rings. The van der Waals surface area contributed by atoms with Crippen molar-refractivity contribution in [3.63, 3.8) is 0 Å². The van der Waals surface area contributed by atoms with Crippen LogP contribution in [0, 0.1) is 15.9 Å². The first kappa shape index (κ1) is 17.1. The number of nitro benzene ring substituents is 1. The molecule has 26 heavy (non-hydrogen) atoms. The Balaban J connectivity index is 1.87. The monoisotopic (exact) mass is 352 g/mol. The Kier molecular flexibility index (Phi) is 4.89. The van der Waals surface area contributed by atoms with Crippen LogP contribution in [0.5, 0.6) is 11.5 Å². The molecule has 0 spiro atoms. The molecule has 0 saturated carbocycles. The van der Waals surface area contributed by atoms with Crippen molar-refractivity contribution in [2.45, 2.75) is 0 Å². The van der Waals surface area contributed by atoms with Crippen molar-refractivity contribution in [1.82, 2.24) is 0 Å². The molecule has 0 aliphatic heterocycles. The highest BCUT2D eigenvalue weighted by Gasteiger charge is 2.17. The van der Waals surface area contributed by atoms with Crippen molar-refractivity contribution in [3.05, 3.63) is 94.3 Å². The number of benzene rings is 3. The number of non-ortho nitro benzene ring substituents is 1. The first-order chi connectivity index (χ1) is 12.5. The summed E-state index contributed by atoms with van der Waals surface area (Å²) < 4.78 is 19.6. The van der Waals surface area contributed by atoms with Gasteiger partial charge in [-0.25, -0.2) is 4.39 Å². The highest BCUT2D eigenvalue weighted by Crippen LogP contribution is 2.27. The Morgan fingerprint density at radius 3 is 2.42 bits per heavy atom. The number of nitrogens with one attached hydrogen (secondary N) is 1. The number of carbonyl (C=O) groups excluding carboxylic acids is 1.